The molecule has 1 saturated carbocycles. The van der Waals surface area contributed by atoms with Gasteiger partial charge in [0.1, 0.15) is 5.21 Å². The van der Waals surface area contributed by atoms with E-state index < -0.39 is 21.3 Å². The van der Waals surface area contributed by atoms with Gasteiger partial charge in [0.25, 0.3) is 0 Å². The topological polar surface area (TPSA) is 57.6 Å². The molecule has 0 aromatic carbocycles. The van der Waals surface area contributed by atoms with Gasteiger partial charge in [-0.2, -0.15) is 4.31 Å². The van der Waals surface area contributed by atoms with Gasteiger partial charge in [0.2, 0.25) is 10.0 Å². The summed E-state index contributed by atoms with van der Waals surface area (Å²) in [5.41, 5.74) is 0. The summed E-state index contributed by atoms with van der Waals surface area (Å²) in [6, 6.07) is -0.299. The van der Waals surface area contributed by atoms with Gasteiger partial charge in [-0.25, -0.2) is 8.42 Å². The van der Waals surface area contributed by atoms with E-state index in [1.165, 1.54) is 11.4 Å². The molecule has 1 aliphatic carbocycles. The molecule has 0 spiro atoms. The lowest BCUT2D eigenvalue weighted by Gasteiger charge is -2.33. The van der Waals surface area contributed by atoms with Gasteiger partial charge >= 0.3 is 0 Å². The standard InChI is InChI=1S/C8H16ClNO3S/c1-10(14(12,13)6-9)7-4-2-3-5-8(7)11/h7-8,11H,2-6H2,1H3. The molecular formula is C8H16ClNO3S. The van der Waals surface area contributed by atoms with Crippen LogP contribution in [-0.2, 0) is 10.0 Å². The predicted octanol–water partition coefficient (Wildman–Crippen LogP) is 0.748. The Kier molecular flexibility index (Phi) is 4.18. The molecule has 0 amide bonds. The first kappa shape index (κ1) is 12.2. The number of rotatable bonds is 3. The number of nitrogens with zero attached hydrogens (tertiary/aromatic N) is 1. The highest BCUT2D eigenvalue weighted by Crippen LogP contribution is 2.24. The summed E-state index contributed by atoms with van der Waals surface area (Å²) in [6.45, 7) is 0. The van der Waals surface area contributed by atoms with Gasteiger partial charge < -0.3 is 5.11 Å². The van der Waals surface area contributed by atoms with Crippen LogP contribution < -0.4 is 0 Å². The molecule has 84 valence electrons. The monoisotopic (exact) mass is 241 g/mol. The maximum atomic E-state index is 11.4. The average molecular weight is 242 g/mol. The fourth-order valence-corrected chi connectivity index (χ4v) is 3.07. The lowest BCUT2D eigenvalue weighted by atomic mass is 9.93. The molecule has 1 fully saturated rings. The van der Waals surface area contributed by atoms with E-state index in [1.807, 2.05) is 0 Å². The van der Waals surface area contributed by atoms with E-state index in [-0.39, 0.29) is 6.04 Å². The van der Waals surface area contributed by atoms with Crippen molar-refractivity contribution in [2.24, 2.45) is 0 Å². The zero-order chi connectivity index (χ0) is 10.8. The van der Waals surface area contributed by atoms with Crippen LogP contribution >= 0.6 is 11.6 Å². The third-order valence-corrected chi connectivity index (χ3v) is 4.99. The number of hydrogen-bond acceptors (Lipinski definition) is 3. The minimum absolute atomic E-state index is 0.299. The van der Waals surface area contributed by atoms with E-state index >= 15 is 0 Å². The molecule has 6 heteroatoms. The van der Waals surface area contributed by atoms with Crippen molar-refractivity contribution in [3.63, 3.8) is 0 Å². The Balaban J connectivity index is 2.72. The molecular weight excluding hydrogens is 226 g/mol. The summed E-state index contributed by atoms with van der Waals surface area (Å²) in [5.74, 6) is 0. The lowest BCUT2D eigenvalue weighted by Crippen LogP contribution is -2.46. The number of alkyl halides is 1. The Bertz CT molecular complexity index is 280. The number of hydrogen-bond donors (Lipinski definition) is 1. The number of sulfonamides is 1. The first-order valence-electron chi connectivity index (χ1n) is 4.69. The van der Waals surface area contributed by atoms with Crippen molar-refractivity contribution in [1.82, 2.24) is 4.31 Å². The molecule has 1 rings (SSSR count). The molecule has 0 aromatic rings. The van der Waals surface area contributed by atoms with E-state index in [4.69, 9.17) is 11.6 Å². The lowest BCUT2D eigenvalue weighted by molar-refractivity contribution is 0.0640. The van der Waals surface area contributed by atoms with Crippen LogP contribution in [0.4, 0.5) is 0 Å². The molecule has 1 aliphatic rings. The summed E-state index contributed by atoms with van der Waals surface area (Å²) in [7, 11) is -1.91. The van der Waals surface area contributed by atoms with Crippen LogP contribution in [-0.4, -0.2) is 42.2 Å². The molecule has 14 heavy (non-hydrogen) atoms. The van der Waals surface area contributed by atoms with Crippen molar-refractivity contribution in [3.05, 3.63) is 0 Å². The Hall–Kier alpha value is 0.160. The van der Waals surface area contributed by atoms with E-state index in [0.717, 1.165) is 12.8 Å². The van der Waals surface area contributed by atoms with Crippen molar-refractivity contribution in [2.45, 2.75) is 37.8 Å². The van der Waals surface area contributed by atoms with E-state index in [2.05, 4.69) is 0 Å². The third-order valence-electron chi connectivity index (χ3n) is 2.74. The molecule has 0 aliphatic heterocycles. The first-order chi connectivity index (χ1) is 6.49. The first-order valence-corrected chi connectivity index (χ1v) is 6.83. The summed E-state index contributed by atoms with van der Waals surface area (Å²) < 4.78 is 24.1. The van der Waals surface area contributed by atoms with Crippen LogP contribution in [0.3, 0.4) is 0 Å². The molecule has 0 heterocycles. The normalized spacial score (nSPS) is 29.4. The minimum Gasteiger partial charge on any atom is -0.391 e. The maximum absolute atomic E-state index is 11.4. The molecule has 0 saturated heterocycles. The molecule has 0 bridgehead atoms. The Morgan fingerprint density at radius 1 is 1.43 bits per heavy atom. The second-order valence-electron chi connectivity index (χ2n) is 3.66. The summed E-state index contributed by atoms with van der Waals surface area (Å²) in [4.78, 5) is 0. The number of likely N-dealkylation sites (N-methyl/N-ethyl adjacent to an activating group) is 1. The van der Waals surface area contributed by atoms with Gasteiger partial charge in [-0.3, -0.25) is 0 Å². The van der Waals surface area contributed by atoms with Crippen molar-refractivity contribution in [2.75, 3.05) is 12.3 Å². The van der Waals surface area contributed by atoms with E-state index in [1.54, 1.807) is 0 Å². The van der Waals surface area contributed by atoms with Crippen LogP contribution in [0.15, 0.2) is 0 Å². The van der Waals surface area contributed by atoms with Crippen LogP contribution in [0.25, 0.3) is 0 Å². The fourth-order valence-electron chi connectivity index (χ4n) is 1.80. The van der Waals surface area contributed by atoms with Gasteiger partial charge in [0.15, 0.2) is 0 Å². The van der Waals surface area contributed by atoms with Crippen molar-refractivity contribution >= 4 is 21.6 Å². The average Bonchev–Trinajstić information content (AvgIpc) is 2.17. The summed E-state index contributed by atoms with van der Waals surface area (Å²) in [6.07, 6.45) is 2.77. The van der Waals surface area contributed by atoms with Gasteiger partial charge in [-0.1, -0.05) is 12.8 Å². The van der Waals surface area contributed by atoms with Crippen molar-refractivity contribution in [3.8, 4) is 0 Å². The largest absolute Gasteiger partial charge is 0.391 e. The van der Waals surface area contributed by atoms with Gasteiger partial charge in [0.05, 0.1) is 12.1 Å². The van der Waals surface area contributed by atoms with E-state index in [9.17, 15) is 13.5 Å². The highest BCUT2D eigenvalue weighted by molar-refractivity contribution is 7.90. The summed E-state index contributed by atoms with van der Waals surface area (Å²) in [5, 5.41) is 9.23. The van der Waals surface area contributed by atoms with Crippen LogP contribution in [0.1, 0.15) is 25.7 Å². The Labute approximate surface area is 89.9 Å². The summed E-state index contributed by atoms with van der Waals surface area (Å²) >= 11 is 5.34. The zero-order valence-corrected chi connectivity index (χ0v) is 9.76. The number of aliphatic hydroxyl groups is 1. The smallest absolute Gasteiger partial charge is 0.228 e. The van der Waals surface area contributed by atoms with Gasteiger partial charge in [0, 0.05) is 7.05 Å². The fraction of sp³-hybridized carbons (Fsp3) is 1.00. The molecule has 0 radical (unpaired) electrons. The molecule has 4 nitrogen and oxygen atoms in total. The Morgan fingerprint density at radius 2 is 2.00 bits per heavy atom. The SMILES string of the molecule is CN(C1CCCCC1O)S(=O)(=O)CCl. The van der Waals surface area contributed by atoms with Crippen LogP contribution in [0, 0.1) is 0 Å². The molecule has 1 N–H and O–H groups in total. The Morgan fingerprint density at radius 3 is 2.50 bits per heavy atom. The second kappa shape index (κ2) is 4.79. The molecule has 2 unspecified atom stereocenters. The van der Waals surface area contributed by atoms with Crippen molar-refractivity contribution < 1.29 is 13.5 Å². The van der Waals surface area contributed by atoms with Crippen LogP contribution in [0.5, 0.6) is 0 Å². The zero-order valence-electron chi connectivity index (χ0n) is 8.19. The van der Waals surface area contributed by atoms with Gasteiger partial charge in [-0.05, 0) is 12.8 Å². The number of aliphatic hydroxyl groups excluding tert-OH is 1. The minimum atomic E-state index is -3.39. The molecule has 2 atom stereocenters. The highest BCUT2D eigenvalue weighted by atomic mass is 35.5. The second-order valence-corrected chi connectivity index (χ2v) is 6.27. The third kappa shape index (κ3) is 2.59. The quantitative estimate of drug-likeness (QED) is 0.742. The van der Waals surface area contributed by atoms with E-state index in [0.29, 0.717) is 12.8 Å². The molecule has 0 aromatic heterocycles. The predicted molar refractivity (Wildman–Crippen MR) is 55.7 cm³/mol. The van der Waals surface area contributed by atoms with Gasteiger partial charge in [-0.15, -0.1) is 11.6 Å². The highest BCUT2D eigenvalue weighted by Gasteiger charge is 2.32. The van der Waals surface area contributed by atoms with Crippen LogP contribution in [0.2, 0.25) is 0 Å². The maximum Gasteiger partial charge on any atom is 0.228 e. The van der Waals surface area contributed by atoms with Crippen molar-refractivity contribution in [1.29, 1.82) is 0 Å². The number of halogens is 1.